The molecule has 23 heavy (non-hydrogen) atoms. The molecule has 0 amide bonds. The van der Waals surface area contributed by atoms with E-state index in [2.05, 4.69) is 64.4 Å². The van der Waals surface area contributed by atoms with Crippen molar-refractivity contribution in [2.45, 2.75) is 38.8 Å². The molecule has 0 heterocycles. The number of hydrogen-bond acceptors (Lipinski definition) is 2. The molecule has 1 aromatic carbocycles. The molecule has 0 bridgehead atoms. The highest BCUT2D eigenvalue weighted by atomic mass is 127. The molecule has 2 rings (SSSR count). The molecule has 6 heteroatoms. The van der Waals surface area contributed by atoms with E-state index in [9.17, 15) is 5.11 Å². The molecule has 130 valence electrons. The van der Waals surface area contributed by atoms with Crippen LogP contribution in [0.15, 0.2) is 33.7 Å². The van der Waals surface area contributed by atoms with Crippen molar-refractivity contribution < 1.29 is 5.11 Å². The number of halogens is 2. The van der Waals surface area contributed by atoms with Gasteiger partial charge in [-0.1, -0.05) is 34.5 Å². The first-order valence-electron chi connectivity index (χ1n) is 8.02. The van der Waals surface area contributed by atoms with Crippen LogP contribution in [-0.2, 0) is 6.54 Å². The topological polar surface area (TPSA) is 47.9 Å². The lowest BCUT2D eigenvalue weighted by Gasteiger charge is -2.23. The number of hydrogen-bond donors (Lipinski definition) is 2. The summed E-state index contributed by atoms with van der Waals surface area (Å²) in [5, 5.41) is 13.3. The van der Waals surface area contributed by atoms with Gasteiger partial charge in [-0.15, -0.1) is 24.0 Å². The molecule has 1 aliphatic carbocycles. The van der Waals surface area contributed by atoms with E-state index in [1.54, 1.807) is 0 Å². The molecule has 0 saturated heterocycles. The molecular weight excluding hydrogens is 469 g/mol. The number of aliphatic hydroxyl groups is 1. The molecule has 2 atom stereocenters. The summed E-state index contributed by atoms with van der Waals surface area (Å²) >= 11 is 3.46. The maximum absolute atomic E-state index is 9.92. The standard InChI is InChI=1S/C17H26BrN3O.HI/c1-3-19-17(20-11-14-5-4-6-16(14)22)21(2)12-13-7-9-15(18)10-8-13;/h7-10,14,16,22H,3-6,11-12H2,1-2H3,(H,19,20);1H. The van der Waals surface area contributed by atoms with Crippen LogP contribution in [-0.4, -0.2) is 42.2 Å². The first-order valence-corrected chi connectivity index (χ1v) is 8.81. The normalized spacial score (nSPS) is 21.0. The monoisotopic (exact) mass is 495 g/mol. The van der Waals surface area contributed by atoms with Crippen LogP contribution in [0.3, 0.4) is 0 Å². The fourth-order valence-electron chi connectivity index (χ4n) is 2.84. The highest BCUT2D eigenvalue weighted by Crippen LogP contribution is 2.25. The number of aliphatic hydroxyl groups excluding tert-OH is 1. The minimum absolute atomic E-state index is 0. The smallest absolute Gasteiger partial charge is 0.193 e. The van der Waals surface area contributed by atoms with Gasteiger partial charge < -0.3 is 15.3 Å². The Morgan fingerprint density at radius 3 is 2.61 bits per heavy atom. The number of guanidine groups is 1. The molecule has 1 fully saturated rings. The summed E-state index contributed by atoms with van der Waals surface area (Å²) in [6, 6.07) is 8.35. The Morgan fingerprint density at radius 1 is 1.35 bits per heavy atom. The number of benzene rings is 1. The Balaban J connectivity index is 0.00000264. The quantitative estimate of drug-likeness (QED) is 0.372. The maximum atomic E-state index is 9.92. The second kappa shape index (κ2) is 10.5. The summed E-state index contributed by atoms with van der Waals surface area (Å²) in [5.41, 5.74) is 1.25. The van der Waals surface area contributed by atoms with Gasteiger partial charge in [0.15, 0.2) is 5.96 Å². The zero-order valence-corrected chi connectivity index (χ0v) is 17.8. The number of nitrogens with zero attached hydrogens (tertiary/aromatic N) is 2. The van der Waals surface area contributed by atoms with E-state index >= 15 is 0 Å². The third kappa shape index (κ3) is 6.58. The van der Waals surface area contributed by atoms with Crippen molar-refractivity contribution in [3.05, 3.63) is 34.3 Å². The molecule has 1 saturated carbocycles. The van der Waals surface area contributed by atoms with Crippen molar-refractivity contribution in [2.24, 2.45) is 10.9 Å². The van der Waals surface area contributed by atoms with Crippen molar-refractivity contribution in [1.29, 1.82) is 0 Å². The van der Waals surface area contributed by atoms with Gasteiger partial charge in [0.05, 0.1) is 6.10 Å². The minimum atomic E-state index is -0.177. The van der Waals surface area contributed by atoms with Crippen molar-refractivity contribution in [1.82, 2.24) is 10.2 Å². The highest BCUT2D eigenvalue weighted by Gasteiger charge is 2.24. The molecular formula is C17H27BrIN3O. The van der Waals surface area contributed by atoms with Crippen molar-refractivity contribution >= 4 is 45.9 Å². The zero-order valence-electron chi connectivity index (χ0n) is 13.8. The third-order valence-corrected chi connectivity index (χ3v) is 4.65. The van der Waals surface area contributed by atoms with Crippen molar-refractivity contribution in [3.63, 3.8) is 0 Å². The first-order chi connectivity index (χ1) is 10.6. The predicted molar refractivity (Wildman–Crippen MR) is 110 cm³/mol. The molecule has 0 radical (unpaired) electrons. The molecule has 2 unspecified atom stereocenters. The van der Waals surface area contributed by atoms with Gasteiger partial charge in [0.25, 0.3) is 0 Å². The van der Waals surface area contributed by atoms with E-state index in [0.717, 1.165) is 42.8 Å². The van der Waals surface area contributed by atoms with E-state index in [-0.39, 0.29) is 30.1 Å². The van der Waals surface area contributed by atoms with Gasteiger partial charge in [-0.2, -0.15) is 0 Å². The van der Waals surface area contributed by atoms with Gasteiger partial charge in [-0.25, -0.2) is 0 Å². The maximum Gasteiger partial charge on any atom is 0.193 e. The Kier molecular flexibility index (Phi) is 9.46. The molecule has 1 aromatic rings. The summed E-state index contributed by atoms with van der Waals surface area (Å²) in [4.78, 5) is 6.85. The lowest BCUT2D eigenvalue weighted by Crippen LogP contribution is -2.39. The van der Waals surface area contributed by atoms with Crippen LogP contribution >= 0.6 is 39.9 Å². The van der Waals surface area contributed by atoms with Crippen LogP contribution in [0.5, 0.6) is 0 Å². The second-order valence-corrected chi connectivity index (χ2v) is 6.85. The van der Waals surface area contributed by atoms with E-state index in [1.807, 2.05) is 0 Å². The van der Waals surface area contributed by atoms with Crippen LogP contribution in [0.4, 0.5) is 0 Å². The molecule has 2 N–H and O–H groups in total. The third-order valence-electron chi connectivity index (χ3n) is 4.12. The van der Waals surface area contributed by atoms with Gasteiger partial charge >= 0.3 is 0 Å². The first kappa shape index (κ1) is 20.7. The Hall–Kier alpha value is -0.340. The van der Waals surface area contributed by atoms with E-state index in [0.29, 0.717) is 12.5 Å². The van der Waals surface area contributed by atoms with E-state index in [1.165, 1.54) is 5.56 Å². The van der Waals surface area contributed by atoms with Gasteiger partial charge in [0, 0.05) is 37.1 Å². The average molecular weight is 496 g/mol. The van der Waals surface area contributed by atoms with Crippen molar-refractivity contribution in [2.75, 3.05) is 20.1 Å². The summed E-state index contributed by atoms with van der Waals surface area (Å²) in [6.45, 7) is 4.44. The number of nitrogens with one attached hydrogen (secondary N) is 1. The van der Waals surface area contributed by atoms with E-state index < -0.39 is 0 Å². The number of rotatable bonds is 5. The Labute approximate surface area is 164 Å². The molecule has 0 aromatic heterocycles. The van der Waals surface area contributed by atoms with Gasteiger partial charge in [-0.3, -0.25) is 4.99 Å². The summed E-state index contributed by atoms with van der Waals surface area (Å²) in [5.74, 6) is 1.22. The fraction of sp³-hybridized carbons (Fsp3) is 0.588. The predicted octanol–water partition coefficient (Wildman–Crippen LogP) is 3.63. The average Bonchev–Trinajstić information content (AvgIpc) is 2.91. The van der Waals surface area contributed by atoms with Crippen LogP contribution < -0.4 is 5.32 Å². The van der Waals surface area contributed by atoms with Gasteiger partial charge in [0.1, 0.15) is 0 Å². The SMILES string of the molecule is CCNC(=NCC1CCCC1O)N(C)Cc1ccc(Br)cc1.I. The number of aliphatic imine (C=N–C) groups is 1. The summed E-state index contributed by atoms with van der Waals surface area (Å²) in [6.07, 6.45) is 2.95. The van der Waals surface area contributed by atoms with E-state index in [4.69, 9.17) is 4.99 Å². The molecule has 1 aliphatic rings. The highest BCUT2D eigenvalue weighted by molar-refractivity contribution is 14.0. The van der Waals surface area contributed by atoms with Crippen LogP contribution in [0.1, 0.15) is 31.7 Å². The van der Waals surface area contributed by atoms with Crippen LogP contribution in [0.2, 0.25) is 0 Å². The molecule has 4 nitrogen and oxygen atoms in total. The minimum Gasteiger partial charge on any atom is -0.393 e. The summed E-state index contributed by atoms with van der Waals surface area (Å²) < 4.78 is 1.09. The Morgan fingerprint density at radius 2 is 2.04 bits per heavy atom. The van der Waals surface area contributed by atoms with Gasteiger partial charge in [-0.05, 0) is 37.5 Å². The van der Waals surface area contributed by atoms with Gasteiger partial charge in [0.2, 0.25) is 0 Å². The van der Waals surface area contributed by atoms with Crippen LogP contribution in [0, 0.1) is 5.92 Å². The zero-order chi connectivity index (χ0) is 15.9. The second-order valence-electron chi connectivity index (χ2n) is 5.94. The molecule has 0 aliphatic heterocycles. The molecule has 0 spiro atoms. The summed E-state index contributed by atoms with van der Waals surface area (Å²) in [7, 11) is 2.05. The lowest BCUT2D eigenvalue weighted by atomic mass is 10.1. The van der Waals surface area contributed by atoms with Crippen LogP contribution in [0.25, 0.3) is 0 Å². The Bertz CT molecular complexity index is 495. The fourth-order valence-corrected chi connectivity index (χ4v) is 3.11. The lowest BCUT2D eigenvalue weighted by molar-refractivity contribution is 0.136. The largest absolute Gasteiger partial charge is 0.393 e. The van der Waals surface area contributed by atoms with Crippen molar-refractivity contribution in [3.8, 4) is 0 Å².